The Hall–Kier alpha value is -3.69. The van der Waals surface area contributed by atoms with E-state index < -0.39 is 54.4 Å². The van der Waals surface area contributed by atoms with Gasteiger partial charge in [0.25, 0.3) is 0 Å². The first-order valence-corrected chi connectivity index (χ1v) is 17.6. The number of esters is 1. The molecule has 2 heterocycles. The van der Waals surface area contributed by atoms with Crippen molar-refractivity contribution in [2.45, 2.75) is 130 Å². The zero-order valence-electron chi connectivity index (χ0n) is 31.9. The summed E-state index contributed by atoms with van der Waals surface area (Å²) in [7, 11) is 2.26. The zero-order chi connectivity index (χ0) is 37.7. The minimum absolute atomic E-state index is 0.0189. The number of nitrogens with one attached hydrogen (secondary N) is 1. The van der Waals surface area contributed by atoms with Crippen LogP contribution in [0.4, 0.5) is 4.79 Å². The van der Waals surface area contributed by atoms with Crippen molar-refractivity contribution in [2.75, 3.05) is 14.2 Å². The highest BCUT2D eigenvalue weighted by Gasteiger charge is 2.68. The second kappa shape index (κ2) is 14.0. The number of nitrogens with zero attached hydrogens (tertiary/aromatic N) is 4. The molecule has 2 amide bonds. The zero-order valence-corrected chi connectivity index (χ0v) is 31.9. The summed E-state index contributed by atoms with van der Waals surface area (Å²) in [6, 6.07) is 5.24. The summed E-state index contributed by atoms with van der Waals surface area (Å²) >= 11 is 0. The van der Waals surface area contributed by atoms with Crippen molar-refractivity contribution in [3.8, 4) is 5.75 Å². The summed E-state index contributed by atoms with van der Waals surface area (Å²) in [6.45, 7) is 16.7. The standard InChI is InChI=1S/C36H54BN5O9/c1-33(2,3)48-31(45)23-14-12-13-21(30(23)47-11)15-28(37-50-27-17-22-16-26(35(22,7)8)36(27,9)51-37)38-29(44)19-42-25(20-43)24(39-40-42)18-41(10)32(46)49-34(4,5)6/h12-14,22,26-28,43H,15-20H2,1-11H3,(H,38,44)/t22-,26-,27+,28-,36-/m0/s1. The Morgan fingerprint density at radius 2 is 1.80 bits per heavy atom. The summed E-state index contributed by atoms with van der Waals surface area (Å²) in [5, 5.41) is 21.6. The first kappa shape index (κ1) is 38.5. The van der Waals surface area contributed by atoms with E-state index in [9.17, 15) is 19.5 Å². The molecule has 2 N–H and O–H groups in total. The molecule has 1 aromatic heterocycles. The van der Waals surface area contributed by atoms with Gasteiger partial charge in [0.15, 0.2) is 0 Å². The average molecular weight is 712 g/mol. The van der Waals surface area contributed by atoms with Crippen LogP contribution in [0.3, 0.4) is 0 Å². The molecule has 51 heavy (non-hydrogen) atoms. The van der Waals surface area contributed by atoms with Crippen LogP contribution in [0.1, 0.15) is 102 Å². The minimum Gasteiger partial charge on any atom is -0.496 e. The Morgan fingerprint density at radius 3 is 2.41 bits per heavy atom. The van der Waals surface area contributed by atoms with E-state index in [1.807, 2.05) is 6.07 Å². The van der Waals surface area contributed by atoms with Gasteiger partial charge in [-0.2, -0.15) is 0 Å². The lowest BCUT2D eigenvalue weighted by Crippen LogP contribution is -2.65. The maximum absolute atomic E-state index is 13.8. The Bertz CT molecular complexity index is 1630. The second-order valence-electron chi connectivity index (χ2n) is 16.9. The largest absolute Gasteiger partial charge is 0.496 e. The van der Waals surface area contributed by atoms with Crippen molar-refractivity contribution in [3.63, 3.8) is 0 Å². The number of carbonyl (C=O) groups is 3. The van der Waals surface area contributed by atoms with E-state index in [2.05, 4.69) is 36.4 Å². The molecule has 2 bridgehead atoms. The van der Waals surface area contributed by atoms with Crippen molar-refractivity contribution in [1.82, 2.24) is 25.2 Å². The Kier molecular flexibility index (Phi) is 10.6. The first-order valence-electron chi connectivity index (χ1n) is 17.6. The van der Waals surface area contributed by atoms with Gasteiger partial charge in [-0.05, 0) is 96.6 Å². The predicted molar refractivity (Wildman–Crippen MR) is 188 cm³/mol. The predicted octanol–water partition coefficient (Wildman–Crippen LogP) is 4.10. The molecule has 280 valence electrons. The van der Waals surface area contributed by atoms with Gasteiger partial charge in [0.05, 0.1) is 43.6 Å². The number of ether oxygens (including phenoxy) is 3. The summed E-state index contributed by atoms with van der Waals surface area (Å²) in [6.07, 6.45) is 1.47. The summed E-state index contributed by atoms with van der Waals surface area (Å²) < 4.78 is 31.6. The molecule has 14 nitrogen and oxygen atoms in total. The molecule has 3 saturated carbocycles. The fourth-order valence-electron chi connectivity index (χ4n) is 7.81. The Morgan fingerprint density at radius 1 is 1.12 bits per heavy atom. The van der Waals surface area contributed by atoms with Crippen LogP contribution in [-0.2, 0) is 49.7 Å². The topological polar surface area (TPSA) is 164 Å². The van der Waals surface area contributed by atoms with Gasteiger partial charge in [0, 0.05) is 7.05 Å². The van der Waals surface area contributed by atoms with Gasteiger partial charge >= 0.3 is 19.2 Å². The van der Waals surface area contributed by atoms with Crippen molar-refractivity contribution in [1.29, 1.82) is 0 Å². The summed E-state index contributed by atoms with van der Waals surface area (Å²) in [5.74, 6) is -0.457. The lowest BCUT2D eigenvalue weighted by atomic mass is 9.43. The van der Waals surface area contributed by atoms with E-state index in [-0.39, 0.29) is 42.3 Å². The molecule has 4 fully saturated rings. The molecule has 1 aromatic carbocycles. The van der Waals surface area contributed by atoms with E-state index in [0.29, 0.717) is 28.8 Å². The number of aliphatic hydroxyl groups excluding tert-OH is 1. The van der Waals surface area contributed by atoms with Gasteiger partial charge in [-0.1, -0.05) is 31.2 Å². The highest BCUT2D eigenvalue weighted by atomic mass is 16.7. The van der Waals surface area contributed by atoms with Crippen molar-refractivity contribution < 1.29 is 43.0 Å². The molecule has 0 unspecified atom stereocenters. The van der Waals surface area contributed by atoms with Gasteiger partial charge in [-0.15, -0.1) is 5.10 Å². The van der Waals surface area contributed by atoms with Crippen LogP contribution < -0.4 is 10.1 Å². The molecular formula is C36H54BN5O9. The third-order valence-corrected chi connectivity index (χ3v) is 10.5. The van der Waals surface area contributed by atoms with Crippen LogP contribution in [-0.4, -0.2) is 93.1 Å². The first-order chi connectivity index (χ1) is 23.7. The van der Waals surface area contributed by atoms with Crippen molar-refractivity contribution in [3.05, 3.63) is 40.7 Å². The van der Waals surface area contributed by atoms with Crippen LogP contribution in [0, 0.1) is 17.3 Å². The molecule has 1 aliphatic heterocycles. The third kappa shape index (κ3) is 8.05. The normalized spacial score (nSPS) is 24.2. The second-order valence-corrected chi connectivity index (χ2v) is 16.9. The number of aromatic nitrogens is 3. The molecule has 0 spiro atoms. The van der Waals surface area contributed by atoms with E-state index in [1.54, 1.807) is 60.7 Å². The average Bonchev–Trinajstić information content (AvgIpc) is 3.57. The number of amides is 2. The van der Waals surface area contributed by atoms with Gasteiger partial charge in [-0.3, -0.25) is 4.79 Å². The number of methoxy groups -OCH3 is 1. The number of benzene rings is 1. The van der Waals surface area contributed by atoms with E-state index in [1.165, 1.54) is 16.7 Å². The highest BCUT2D eigenvalue weighted by molar-refractivity contribution is 6.48. The van der Waals surface area contributed by atoms with Crippen molar-refractivity contribution in [2.24, 2.45) is 17.3 Å². The van der Waals surface area contributed by atoms with Gasteiger partial charge in [-0.25, -0.2) is 14.3 Å². The summed E-state index contributed by atoms with van der Waals surface area (Å²) in [4.78, 5) is 40.9. The minimum atomic E-state index is -0.792. The molecule has 6 rings (SSSR count). The molecule has 4 aliphatic rings. The van der Waals surface area contributed by atoms with E-state index in [4.69, 9.17) is 23.5 Å². The lowest BCUT2D eigenvalue weighted by molar-refractivity contribution is -0.199. The number of hydrogen-bond donors (Lipinski definition) is 2. The van der Waals surface area contributed by atoms with Crippen molar-refractivity contribution >= 4 is 25.1 Å². The van der Waals surface area contributed by atoms with E-state index in [0.717, 1.165) is 12.8 Å². The molecule has 0 radical (unpaired) electrons. The molecule has 3 aliphatic carbocycles. The van der Waals surface area contributed by atoms with Crippen LogP contribution >= 0.6 is 0 Å². The fraction of sp³-hybridized carbons (Fsp3) is 0.694. The SMILES string of the molecule is COc1c(C[C@H](NC(=O)Cn2nnc(CN(C)C(=O)OC(C)(C)C)c2CO)B2O[C@@H]3C[C@@H]4C[C@@H](C4(C)C)[C@]3(C)O2)cccc1C(=O)OC(C)(C)C. The van der Waals surface area contributed by atoms with Crippen LogP contribution in [0.2, 0.25) is 0 Å². The van der Waals surface area contributed by atoms with Crippen LogP contribution in [0.5, 0.6) is 5.75 Å². The third-order valence-electron chi connectivity index (χ3n) is 10.5. The molecular weight excluding hydrogens is 657 g/mol. The molecule has 1 saturated heterocycles. The quantitative estimate of drug-likeness (QED) is 0.255. The van der Waals surface area contributed by atoms with Gasteiger partial charge < -0.3 is 38.8 Å². The maximum Gasteiger partial charge on any atom is 0.482 e. The fourth-order valence-corrected chi connectivity index (χ4v) is 7.81. The number of para-hydroxylation sites is 1. The highest BCUT2D eigenvalue weighted by Crippen LogP contribution is 2.65. The monoisotopic (exact) mass is 711 g/mol. The summed E-state index contributed by atoms with van der Waals surface area (Å²) in [5.41, 5.74) is -0.247. The number of rotatable bonds is 11. The van der Waals surface area contributed by atoms with Gasteiger partial charge in [0.2, 0.25) is 5.91 Å². The molecule has 5 atom stereocenters. The number of aliphatic hydroxyl groups is 1. The Labute approximate surface area is 301 Å². The molecule has 2 aromatic rings. The smallest absolute Gasteiger partial charge is 0.482 e. The number of hydrogen-bond acceptors (Lipinski definition) is 11. The van der Waals surface area contributed by atoms with Crippen LogP contribution in [0.25, 0.3) is 0 Å². The Balaban J connectivity index is 1.39. The lowest BCUT2D eigenvalue weighted by Gasteiger charge is -2.64. The maximum atomic E-state index is 13.8. The van der Waals surface area contributed by atoms with Crippen LogP contribution in [0.15, 0.2) is 18.2 Å². The van der Waals surface area contributed by atoms with E-state index >= 15 is 0 Å². The van der Waals surface area contributed by atoms with Gasteiger partial charge in [0.1, 0.15) is 34.8 Å². The number of carbonyl (C=O) groups excluding carboxylic acids is 3. The molecule has 15 heteroatoms.